The lowest BCUT2D eigenvalue weighted by Gasteiger charge is -2.35. The van der Waals surface area contributed by atoms with Crippen molar-refractivity contribution in [3.05, 3.63) is 59.0 Å². The third-order valence-corrected chi connectivity index (χ3v) is 8.94. The molecule has 1 saturated heterocycles. The minimum Gasteiger partial charge on any atom is -0.382 e. The number of benzene rings is 2. The van der Waals surface area contributed by atoms with E-state index in [-0.39, 0.29) is 30.8 Å². The second kappa shape index (κ2) is 21.1. The summed E-state index contributed by atoms with van der Waals surface area (Å²) in [4.78, 5) is 28.1. The van der Waals surface area contributed by atoms with Crippen LogP contribution in [0.15, 0.2) is 42.6 Å². The van der Waals surface area contributed by atoms with Crippen LogP contribution in [0.1, 0.15) is 24.8 Å². The van der Waals surface area contributed by atoms with Gasteiger partial charge in [-0.1, -0.05) is 17.7 Å². The number of imidazole rings is 1. The van der Waals surface area contributed by atoms with Crippen LogP contribution in [-0.4, -0.2) is 120 Å². The number of methoxy groups -OCH3 is 1. The highest BCUT2D eigenvalue weighted by atomic mass is 35.5. The lowest BCUT2D eigenvalue weighted by molar-refractivity contribution is -0.122. The van der Waals surface area contributed by atoms with Crippen LogP contribution in [0, 0.1) is 12.7 Å². The van der Waals surface area contributed by atoms with E-state index in [1.807, 2.05) is 25.1 Å². The van der Waals surface area contributed by atoms with Crippen LogP contribution in [0.4, 0.5) is 15.9 Å². The number of hydrogen-bond acceptors (Lipinski definition) is 11. The number of nitrogens with two attached hydrogens (primary N) is 1. The minimum absolute atomic E-state index is 0.109. The maximum atomic E-state index is 14.8. The number of pyridine rings is 1. The van der Waals surface area contributed by atoms with Gasteiger partial charge in [0.05, 0.1) is 81.7 Å². The Hall–Kier alpha value is -3.89. The molecule has 2 aromatic heterocycles. The Balaban J connectivity index is 1.19. The molecule has 0 atom stereocenters. The molecule has 0 aliphatic carbocycles. The van der Waals surface area contributed by atoms with E-state index in [0.29, 0.717) is 82.6 Å². The van der Waals surface area contributed by atoms with Gasteiger partial charge >= 0.3 is 0 Å². The number of halogens is 2. The molecular weight excluding hydrogens is 705 g/mol. The van der Waals surface area contributed by atoms with Gasteiger partial charge in [-0.3, -0.25) is 4.79 Å². The van der Waals surface area contributed by atoms with Crippen LogP contribution in [0.25, 0.3) is 33.5 Å². The van der Waals surface area contributed by atoms with Crippen molar-refractivity contribution in [2.75, 3.05) is 103 Å². The van der Waals surface area contributed by atoms with Gasteiger partial charge in [-0.15, -0.1) is 0 Å². The van der Waals surface area contributed by atoms with Crippen LogP contribution in [-0.2, 0) is 28.5 Å². The molecule has 0 bridgehead atoms. The molecule has 0 saturated carbocycles. The predicted octanol–water partition coefficient (Wildman–Crippen LogP) is 4.95. The van der Waals surface area contributed by atoms with Crippen LogP contribution in [0.3, 0.4) is 0 Å². The first-order valence-electron chi connectivity index (χ1n) is 18.1. The summed E-state index contributed by atoms with van der Waals surface area (Å²) in [6.45, 7) is 8.20. The summed E-state index contributed by atoms with van der Waals surface area (Å²) in [6, 6.07) is 10.6. The molecule has 3 heterocycles. The molecule has 1 aliphatic heterocycles. The largest absolute Gasteiger partial charge is 0.382 e. The quantitative estimate of drug-likeness (QED) is 0.0805. The lowest BCUT2D eigenvalue weighted by atomic mass is 9.96. The molecule has 0 radical (unpaired) electrons. The third kappa shape index (κ3) is 12.3. The van der Waals surface area contributed by atoms with Gasteiger partial charge in [0.25, 0.3) is 0 Å². The van der Waals surface area contributed by atoms with Crippen molar-refractivity contribution in [2.24, 2.45) is 5.73 Å². The molecule has 0 unspecified atom stereocenters. The summed E-state index contributed by atoms with van der Waals surface area (Å²) < 4.78 is 41.5. The van der Waals surface area contributed by atoms with Gasteiger partial charge in [0.1, 0.15) is 17.5 Å². The molecule has 2 aromatic carbocycles. The number of fused-ring (bicyclic) bond motifs is 1. The molecule has 15 heteroatoms. The summed E-state index contributed by atoms with van der Waals surface area (Å²) >= 11 is 6.32. The number of aromatic amines is 1. The summed E-state index contributed by atoms with van der Waals surface area (Å²) in [5, 5.41) is 6.95. The van der Waals surface area contributed by atoms with Gasteiger partial charge in [-0.25, -0.2) is 14.4 Å². The van der Waals surface area contributed by atoms with E-state index < -0.39 is 0 Å². The zero-order chi connectivity index (χ0) is 37.4. The topological polar surface area (TPSA) is 158 Å². The first-order chi connectivity index (χ1) is 25.8. The SMILES string of the molecule is COCCOCCOCCOCCOCCC(=O)NCCNc1ncc(-c2cc(C)cc(F)c2)c(N2CCC(N)CC2)c1-c1nc2ccc(Cl)cc2[nH]1. The van der Waals surface area contributed by atoms with Crippen LogP contribution in [0.5, 0.6) is 0 Å². The van der Waals surface area contributed by atoms with Crippen molar-refractivity contribution in [3.63, 3.8) is 0 Å². The standard InChI is InChI=1S/C38H51ClFN7O6/c1-26-21-27(23-29(40)22-26)31-25-44-37(43-9-8-42-34(48)7-12-50-15-16-52-19-20-53-18-17-51-14-13-49-2)35(36(31)47-10-5-30(41)6-11-47)38-45-32-4-3-28(39)24-33(32)46-38/h3-4,21-25,30H,5-20,41H2,1-2H3,(H,42,48)(H,43,44)(H,45,46). The van der Waals surface area contributed by atoms with Crippen molar-refractivity contribution in [1.29, 1.82) is 0 Å². The Bertz CT molecular complexity index is 1730. The molecule has 1 aliphatic rings. The fraction of sp³-hybridized carbons (Fsp3) is 0.500. The second-order valence-corrected chi connectivity index (χ2v) is 13.2. The Morgan fingerprint density at radius 2 is 1.64 bits per heavy atom. The number of piperidine rings is 1. The summed E-state index contributed by atoms with van der Waals surface area (Å²) in [7, 11) is 1.63. The number of amides is 1. The predicted molar refractivity (Wildman–Crippen MR) is 205 cm³/mol. The normalized spacial score (nSPS) is 13.6. The number of rotatable bonds is 22. The van der Waals surface area contributed by atoms with E-state index in [2.05, 4.69) is 20.5 Å². The molecule has 288 valence electrons. The van der Waals surface area contributed by atoms with Gasteiger partial charge in [-0.05, 0) is 61.2 Å². The van der Waals surface area contributed by atoms with Crippen LogP contribution in [0.2, 0.25) is 5.02 Å². The van der Waals surface area contributed by atoms with E-state index in [1.54, 1.807) is 19.4 Å². The zero-order valence-corrected chi connectivity index (χ0v) is 31.3. The number of carbonyl (C=O) groups excluding carboxylic acids is 1. The molecule has 5 N–H and O–H groups in total. The summed E-state index contributed by atoms with van der Waals surface area (Å²) in [5.74, 6) is 0.729. The number of aryl methyl sites for hydroxylation is 1. The Morgan fingerprint density at radius 3 is 2.32 bits per heavy atom. The third-order valence-electron chi connectivity index (χ3n) is 8.70. The summed E-state index contributed by atoms with van der Waals surface area (Å²) in [5.41, 5.74) is 11.8. The fourth-order valence-electron chi connectivity index (χ4n) is 6.05. The number of nitrogens with one attached hydrogen (secondary N) is 3. The van der Waals surface area contributed by atoms with E-state index in [1.165, 1.54) is 12.1 Å². The monoisotopic (exact) mass is 755 g/mol. The van der Waals surface area contributed by atoms with E-state index in [0.717, 1.165) is 64.9 Å². The molecule has 5 rings (SSSR count). The zero-order valence-electron chi connectivity index (χ0n) is 30.6. The van der Waals surface area contributed by atoms with E-state index in [4.69, 9.17) is 51.0 Å². The van der Waals surface area contributed by atoms with Gasteiger partial charge in [-0.2, -0.15) is 0 Å². The van der Waals surface area contributed by atoms with Gasteiger partial charge in [0.15, 0.2) is 0 Å². The van der Waals surface area contributed by atoms with Crippen molar-refractivity contribution in [2.45, 2.75) is 32.2 Å². The molecule has 53 heavy (non-hydrogen) atoms. The number of hydrogen-bond donors (Lipinski definition) is 4. The highest BCUT2D eigenvalue weighted by Crippen LogP contribution is 2.44. The van der Waals surface area contributed by atoms with Gasteiger partial charge in [0.2, 0.25) is 5.91 Å². The fourth-order valence-corrected chi connectivity index (χ4v) is 6.23. The van der Waals surface area contributed by atoms with Gasteiger partial charge in [0, 0.05) is 62.5 Å². The van der Waals surface area contributed by atoms with Crippen molar-refractivity contribution in [3.8, 4) is 22.5 Å². The molecule has 13 nitrogen and oxygen atoms in total. The highest BCUT2D eigenvalue weighted by Gasteiger charge is 2.27. The molecule has 1 fully saturated rings. The van der Waals surface area contributed by atoms with Crippen LogP contribution < -0.4 is 21.3 Å². The molecule has 1 amide bonds. The first kappa shape index (κ1) is 40.3. The van der Waals surface area contributed by atoms with E-state index >= 15 is 0 Å². The lowest BCUT2D eigenvalue weighted by Crippen LogP contribution is -2.40. The molecular formula is C38H51ClFN7O6. The Kier molecular flexibility index (Phi) is 16.1. The second-order valence-electron chi connectivity index (χ2n) is 12.8. The van der Waals surface area contributed by atoms with Gasteiger partial charge < -0.3 is 49.9 Å². The van der Waals surface area contributed by atoms with Crippen molar-refractivity contribution < 1.29 is 32.9 Å². The Morgan fingerprint density at radius 1 is 0.962 bits per heavy atom. The smallest absolute Gasteiger partial charge is 0.222 e. The molecule has 4 aromatic rings. The van der Waals surface area contributed by atoms with Crippen molar-refractivity contribution >= 4 is 40.0 Å². The number of anilines is 2. The minimum atomic E-state index is -0.319. The number of nitrogens with zero attached hydrogens (tertiary/aromatic N) is 3. The first-order valence-corrected chi connectivity index (χ1v) is 18.5. The maximum Gasteiger partial charge on any atom is 0.222 e. The molecule has 0 spiro atoms. The average molecular weight is 756 g/mol. The number of H-pyrrole nitrogens is 1. The maximum absolute atomic E-state index is 14.8. The number of carbonyl (C=O) groups is 1. The average Bonchev–Trinajstić information content (AvgIpc) is 3.56. The van der Waals surface area contributed by atoms with Crippen molar-refractivity contribution in [1.82, 2.24) is 20.3 Å². The highest BCUT2D eigenvalue weighted by molar-refractivity contribution is 6.31. The summed E-state index contributed by atoms with van der Waals surface area (Å²) in [6.07, 6.45) is 3.62. The number of aromatic nitrogens is 3. The number of ether oxygens (including phenoxy) is 5. The van der Waals surface area contributed by atoms with E-state index in [9.17, 15) is 9.18 Å². The van der Waals surface area contributed by atoms with Crippen LogP contribution >= 0.6 is 11.6 Å². The Labute approximate surface area is 315 Å².